The minimum Gasteiger partial charge on any atom is -0.496 e. The molecule has 31 heavy (non-hydrogen) atoms. The van der Waals surface area contributed by atoms with Gasteiger partial charge >= 0.3 is 6.09 Å². The normalized spacial score (nSPS) is 27.0. The third kappa shape index (κ3) is 6.33. The van der Waals surface area contributed by atoms with Crippen LogP contribution in [-0.2, 0) is 19.5 Å². The van der Waals surface area contributed by atoms with E-state index in [1.54, 1.807) is 12.0 Å². The largest absolute Gasteiger partial charge is 0.496 e. The predicted molar refractivity (Wildman–Crippen MR) is 118 cm³/mol. The van der Waals surface area contributed by atoms with Crippen LogP contribution in [0, 0.1) is 0 Å². The van der Waals surface area contributed by atoms with E-state index in [-0.39, 0.29) is 24.8 Å². The molecule has 1 heterocycles. The summed E-state index contributed by atoms with van der Waals surface area (Å²) in [7, 11) is -0.356. The van der Waals surface area contributed by atoms with E-state index in [2.05, 4.69) is 10.8 Å². The van der Waals surface area contributed by atoms with E-state index in [0.717, 1.165) is 37.7 Å². The summed E-state index contributed by atoms with van der Waals surface area (Å²) in [4.78, 5) is 13.8. The van der Waals surface area contributed by atoms with Gasteiger partial charge in [0, 0.05) is 12.6 Å². The van der Waals surface area contributed by atoms with E-state index in [0.29, 0.717) is 25.3 Å². The second kappa shape index (κ2) is 10.7. The van der Waals surface area contributed by atoms with Gasteiger partial charge in [0.25, 0.3) is 0 Å². The number of nitrogens with one attached hydrogen (secondary N) is 1. The van der Waals surface area contributed by atoms with Crippen molar-refractivity contribution in [1.29, 1.82) is 0 Å². The molecule has 2 fully saturated rings. The maximum atomic E-state index is 12.3. The molecule has 1 aliphatic carbocycles. The molecule has 3 rings (SSSR count). The van der Waals surface area contributed by atoms with Crippen LogP contribution >= 0.6 is 0 Å². The summed E-state index contributed by atoms with van der Waals surface area (Å²) < 4.78 is 43.0. The highest BCUT2D eigenvalue weighted by atomic mass is 32.2. The highest BCUT2D eigenvalue weighted by molar-refractivity contribution is 7.88. The van der Waals surface area contributed by atoms with Gasteiger partial charge in [-0.2, -0.15) is 0 Å². The number of hydrogen-bond acceptors (Lipinski definition) is 6. The molecule has 8 nitrogen and oxygen atoms in total. The number of rotatable bonds is 7. The van der Waals surface area contributed by atoms with Gasteiger partial charge < -0.3 is 19.1 Å². The molecule has 174 valence electrons. The second-order valence-corrected chi connectivity index (χ2v) is 10.2. The lowest BCUT2D eigenvalue weighted by Gasteiger charge is -2.41. The van der Waals surface area contributed by atoms with E-state index >= 15 is 0 Å². The molecule has 1 saturated heterocycles. The number of piperidine rings is 1. The van der Waals surface area contributed by atoms with Crippen LogP contribution in [0.4, 0.5) is 4.79 Å². The van der Waals surface area contributed by atoms with Gasteiger partial charge in [-0.1, -0.05) is 18.2 Å². The number of nitrogens with zero attached hydrogens (tertiary/aromatic N) is 1. The SMILES string of the molecule is COC(=O)N1CCC[C@H](NS(C)(=O)=O)[C@@H]1COC1CCC(c2ccccc2OC)CC1. The van der Waals surface area contributed by atoms with Crippen molar-refractivity contribution < 1.29 is 27.4 Å². The summed E-state index contributed by atoms with van der Waals surface area (Å²) in [5.41, 5.74) is 1.24. The Balaban J connectivity index is 1.60. The fourth-order valence-electron chi connectivity index (χ4n) is 4.80. The third-order valence-electron chi connectivity index (χ3n) is 6.31. The lowest BCUT2D eigenvalue weighted by atomic mass is 9.82. The first-order valence-electron chi connectivity index (χ1n) is 10.9. The van der Waals surface area contributed by atoms with Crippen LogP contribution in [-0.4, -0.2) is 71.2 Å². The molecule has 1 aromatic carbocycles. The van der Waals surface area contributed by atoms with Gasteiger partial charge in [0.15, 0.2) is 0 Å². The molecule has 0 aromatic heterocycles. The first kappa shape index (κ1) is 23.8. The zero-order chi connectivity index (χ0) is 22.4. The average Bonchev–Trinajstić information content (AvgIpc) is 2.77. The molecular formula is C22H34N2O6S. The Bertz CT molecular complexity index is 838. The van der Waals surface area contributed by atoms with E-state index in [9.17, 15) is 13.2 Å². The maximum Gasteiger partial charge on any atom is 0.409 e. The quantitative estimate of drug-likeness (QED) is 0.681. The van der Waals surface area contributed by atoms with Crippen molar-refractivity contribution >= 4 is 16.1 Å². The van der Waals surface area contributed by atoms with Crippen molar-refractivity contribution in [3.63, 3.8) is 0 Å². The highest BCUT2D eigenvalue weighted by Gasteiger charge is 2.37. The van der Waals surface area contributed by atoms with Crippen LogP contribution in [0.3, 0.4) is 0 Å². The van der Waals surface area contributed by atoms with Crippen molar-refractivity contribution in [2.75, 3.05) is 33.6 Å². The number of ether oxygens (including phenoxy) is 3. The number of carbonyl (C=O) groups is 1. The molecule has 1 aromatic rings. The minimum absolute atomic E-state index is 0.0891. The molecule has 0 spiro atoms. The lowest BCUT2D eigenvalue weighted by Crippen LogP contribution is -2.59. The van der Waals surface area contributed by atoms with Crippen molar-refractivity contribution in [3.05, 3.63) is 29.8 Å². The highest BCUT2D eigenvalue weighted by Crippen LogP contribution is 2.38. The average molecular weight is 455 g/mol. The van der Waals surface area contributed by atoms with Crippen LogP contribution in [0.25, 0.3) is 0 Å². The topological polar surface area (TPSA) is 94.2 Å². The van der Waals surface area contributed by atoms with Crippen molar-refractivity contribution in [2.45, 2.75) is 62.6 Å². The molecule has 1 saturated carbocycles. The number of amides is 1. The summed E-state index contributed by atoms with van der Waals surface area (Å²) >= 11 is 0. The van der Waals surface area contributed by atoms with Crippen LogP contribution < -0.4 is 9.46 Å². The summed E-state index contributed by atoms with van der Waals surface area (Å²) in [6.45, 7) is 0.815. The summed E-state index contributed by atoms with van der Waals surface area (Å²) in [6, 6.07) is 7.38. The number of sulfonamides is 1. The minimum atomic E-state index is -3.40. The van der Waals surface area contributed by atoms with Crippen LogP contribution in [0.5, 0.6) is 5.75 Å². The molecule has 0 unspecified atom stereocenters. The van der Waals surface area contributed by atoms with Gasteiger partial charge in [-0.15, -0.1) is 0 Å². The Kier molecular flexibility index (Phi) is 8.18. The smallest absolute Gasteiger partial charge is 0.409 e. The number of likely N-dealkylation sites (tertiary alicyclic amines) is 1. The first-order valence-corrected chi connectivity index (χ1v) is 12.8. The summed E-state index contributed by atoms with van der Waals surface area (Å²) in [5.74, 6) is 1.37. The van der Waals surface area contributed by atoms with E-state index in [1.165, 1.54) is 12.7 Å². The number of hydrogen-bond donors (Lipinski definition) is 1. The van der Waals surface area contributed by atoms with E-state index in [1.807, 2.05) is 18.2 Å². The molecule has 2 aliphatic rings. The number of para-hydroxylation sites is 1. The Morgan fingerprint density at radius 2 is 1.84 bits per heavy atom. The van der Waals surface area contributed by atoms with Crippen molar-refractivity contribution in [2.24, 2.45) is 0 Å². The van der Waals surface area contributed by atoms with E-state index in [4.69, 9.17) is 14.2 Å². The van der Waals surface area contributed by atoms with Gasteiger partial charge in [-0.05, 0) is 56.1 Å². The lowest BCUT2D eigenvalue weighted by molar-refractivity contribution is -0.0245. The molecule has 0 radical (unpaired) electrons. The van der Waals surface area contributed by atoms with Crippen LogP contribution in [0.2, 0.25) is 0 Å². The van der Waals surface area contributed by atoms with Crippen molar-refractivity contribution in [3.8, 4) is 5.75 Å². The molecule has 1 N–H and O–H groups in total. The van der Waals surface area contributed by atoms with Gasteiger partial charge in [-0.25, -0.2) is 17.9 Å². The number of methoxy groups -OCH3 is 2. The summed E-state index contributed by atoms with van der Waals surface area (Å²) in [6.07, 6.45) is 5.98. The molecule has 1 aliphatic heterocycles. The van der Waals surface area contributed by atoms with Crippen LogP contribution in [0.15, 0.2) is 24.3 Å². The van der Waals surface area contributed by atoms with E-state index < -0.39 is 16.1 Å². The van der Waals surface area contributed by atoms with Crippen LogP contribution in [0.1, 0.15) is 50.0 Å². The van der Waals surface area contributed by atoms with Gasteiger partial charge in [0.05, 0.1) is 39.2 Å². The second-order valence-electron chi connectivity index (χ2n) is 8.42. The summed E-state index contributed by atoms with van der Waals surface area (Å²) in [5, 5.41) is 0. The Labute approximate surface area is 185 Å². The zero-order valence-electron chi connectivity index (χ0n) is 18.6. The predicted octanol–water partition coefficient (Wildman–Crippen LogP) is 2.89. The Hall–Kier alpha value is -1.84. The Morgan fingerprint density at radius 1 is 1.13 bits per heavy atom. The molecule has 9 heteroatoms. The van der Waals surface area contributed by atoms with Gasteiger partial charge in [-0.3, -0.25) is 0 Å². The maximum absolute atomic E-state index is 12.3. The monoisotopic (exact) mass is 454 g/mol. The standard InChI is InChI=1S/C22H34N2O6S/c1-28-21-9-5-4-7-18(21)16-10-12-17(13-11-16)30-15-20-19(23-31(3,26)27)8-6-14-24(20)22(25)29-2/h4-5,7,9,16-17,19-20,23H,6,8,10-15H2,1-3H3/t16?,17?,19-,20-/m0/s1. The van der Waals surface area contributed by atoms with Gasteiger partial charge in [0.2, 0.25) is 10.0 Å². The molecule has 2 atom stereocenters. The molecule has 1 amide bonds. The zero-order valence-corrected chi connectivity index (χ0v) is 19.4. The first-order chi connectivity index (χ1) is 14.8. The van der Waals surface area contributed by atoms with Gasteiger partial charge in [0.1, 0.15) is 5.75 Å². The molecular weight excluding hydrogens is 420 g/mol. The number of carbonyl (C=O) groups excluding carboxylic acids is 1. The fraction of sp³-hybridized carbons (Fsp3) is 0.682. The third-order valence-corrected chi connectivity index (χ3v) is 7.04. The van der Waals surface area contributed by atoms with Crippen molar-refractivity contribution in [1.82, 2.24) is 9.62 Å². The number of benzene rings is 1. The Morgan fingerprint density at radius 3 is 2.48 bits per heavy atom. The molecule has 0 bridgehead atoms. The fourth-order valence-corrected chi connectivity index (χ4v) is 5.62.